The summed E-state index contributed by atoms with van der Waals surface area (Å²) in [6, 6.07) is 8.97. The molecule has 0 atom stereocenters. The molecule has 2 heterocycles. The summed E-state index contributed by atoms with van der Waals surface area (Å²) in [6.07, 6.45) is -4.62. The number of halogens is 4. The van der Waals surface area contributed by atoms with E-state index in [4.69, 9.17) is 17.0 Å². The van der Waals surface area contributed by atoms with Crippen molar-refractivity contribution < 1.29 is 18.3 Å². The minimum atomic E-state index is -4.62. The summed E-state index contributed by atoms with van der Waals surface area (Å²) in [5.41, 5.74) is 1.69. The van der Waals surface area contributed by atoms with Crippen LogP contribution in [-0.2, 0) is 6.18 Å². The van der Waals surface area contributed by atoms with Crippen LogP contribution in [0.5, 0.6) is 0 Å². The van der Waals surface area contributed by atoms with Crippen molar-refractivity contribution in [3.05, 3.63) is 64.1 Å². The molecule has 3 aromatic rings. The Balaban J connectivity index is 1.72. The highest BCUT2D eigenvalue weighted by atomic mass is 35.5. The largest absolute Gasteiger partial charge is 0.509 e. The average Bonchev–Trinajstić information content (AvgIpc) is 3.14. The molecule has 0 aliphatic carbocycles. The van der Waals surface area contributed by atoms with Crippen LogP contribution in [0.4, 0.5) is 18.9 Å². The molecule has 0 saturated carbocycles. The predicted octanol–water partition coefficient (Wildman–Crippen LogP) is 5.31. The third kappa shape index (κ3) is 2.99. The summed E-state index contributed by atoms with van der Waals surface area (Å²) >= 11 is 5.67. The first-order valence-electron chi connectivity index (χ1n) is 8.27. The lowest BCUT2D eigenvalue weighted by Gasteiger charge is -2.20. The molecule has 5 nitrogen and oxygen atoms in total. The number of fused-ring (bicyclic) bond motifs is 1. The smallest absolute Gasteiger partial charge is 0.417 e. The molecule has 144 valence electrons. The van der Waals surface area contributed by atoms with Gasteiger partial charge in [-0.15, -0.1) is 0 Å². The molecule has 0 unspecified atom stereocenters. The van der Waals surface area contributed by atoms with Gasteiger partial charge in [-0.25, -0.2) is 4.98 Å². The number of aryl methyl sites for hydroxylation is 1. The van der Waals surface area contributed by atoms with Gasteiger partial charge in [0.15, 0.2) is 0 Å². The van der Waals surface area contributed by atoms with Gasteiger partial charge in [0.25, 0.3) is 0 Å². The fourth-order valence-corrected chi connectivity index (χ4v) is 3.41. The second kappa shape index (κ2) is 6.27. The molecule has 0 spiro atoms. The number of benzene rings is 2. The number of aliphatic hydroxyl groups is 1. The Kier molecular flexibility index (Phi) is 4.11. The zero-order valence-corrected chi connectivity index (χ0v) is 15.3. The molecule has 9 heteroatoms. The van der Waals surface area contributed by atoms with E-state index in [9.17, 15) is 18.3 Å². The summed E-state index contributed by atoms with van der Waals surface area (Å²) in [6.45, 7) is 1.79. The SMILES string of the molecule is Cc1ccc2nc(C3=C(O)CN(c4ccc(Cl)c(C(F)(F)F)c4)C3=N)[nH]c2c1. The second-order valence-corrected chi connectivity index (χ2v) is 6.93. The normalized spacial score (nSPS) is 15.2. The number of nitrogens with one attached hydrogen (secondary N) is 2. The first-order valence-corrected chi connectivity index (χ1v) is 8.65. The summed E-state index contributed by atoms with van der Waals surface area (Å²) in [7, 11) is 0. The molecule has 0 amide bonds. The van der Waals surface area contributed by atoms with Crippen LogP contribution in [0.15, 0.2) is 42.2 Å². The van der Waals surface area contributed by atoms with Gasteiger partial charge in [-0.3, -0.25) is 5.41 Å². The molecule has 2 aromatic carbocycles. The molecule has 0 saturated heterocycles. The van der Waals surface area contributed by atoms with Gasteiger partial charge in [0.05, 0.1) is 33.7 Å². The Morgan fingerprint density at radius 3 is 2.68 bits per heavy atom. The lowest BCUT2D eigenvalue weighted by Crippen LogP contribution is -2.26. The summed E-state index contributed by atoms with van der Waals surface area (Å²) < 4.78 is 39.5. The van der Waals surface area contributed by atoms with E-state index in [1.165, 1.54) is 11.0 Å². The van der Waals surface area contributed by atoms with Gasteiger partial charge in [-0.2, -0.15) is 13.2 Å². The first kappa shape index (κ1) is 18.4. The van der Waals surface area contributed by atoms with E-state index in [0.29, 0.717) is 5.52 Å². The maximum atomic E-state index is 13.2. The monoisotopic (exact) mass is 406 g/mol. The van der Waals surface area contributed by atoms with Gasteiger partial charge in [0.2, 0.25) is 0 Å². The predicted molar refractivity (Wildman–Crippen MR) is 102 cm³/mol. The van der Waals surface area contributed by atoms with Crippen LogP contribution >= 0.6 is 11.6 Å². The number of rotatable bonds is 2. The average molecular weight is 407 g/mol. The van der Waals surface area contributed by atoms with Gasteiger partial charge < -0.3 is 15.0 Å². The third-order valence-corrected chi connectivity index (χ3v) is 4.87. The van der Waals surface area contributed by atoms with Crippen molar-refractivity contribution in [3.63, 3.8) is 0 Å². The number of H-pyrrole nitrogens is 1. The fraction of sp³-hybridized carbons (Fsp3) is 0.158. The van der Waals surface area contributed by atoms with Crippen LogP contribution in [0.2, 0.25) is 5.02 Å². The van der Waals surface area contributed by atoms with Crippen molar-refractivity contribution in [2.24, 2.45) is 0 Å². The van der Waals surface area contributed by atoms with Gasteiger partial charge in [-0.05, 0) is 42.8 Å². The maximum absolute atomic E-state index is 13.2. The first-order chi connectivity index (χ1) is 13.1. The Bertz CT molecular complexity index is 1150. The third-order valence-electron chi connectivity index (χ3n) is 4.54. The van der Waals surface area contributed by atoms with E-state index in [0.717, 1.165) is 23.2 Å². The lowest BCUT2D eigenvalue weighted by molar-refractivity contribution is -0.137. The van der Waals surface area contributed by atoms with Crippen molar-refractivity contribution in [2.45, 2.75) is 13.1 Å². The molecular formula is C19H14ClF3N4O. The molecule has 0 radical (unpaired) electrons. The molecule has 1 aliphatic rings. The maximum Gasteiger partial charge on any atom is 0.417 e. The highest BCUT2D eigenvalue weighted by Crippen LogP contribution is 2.38. The van der Waals surface area contributed by atoms with Crippen LogP contribution in [-0.4, -0.2) is 27.5 Å². The Labute approximate surface area is 162 Å². The van der Waals surface area contributed by atoms with Gasteiger partial charge in [0.1, 0.15) is 17.4 Å². The molecular weight excluding hydrogens is 393 g/mol. The van der Waals surface area contributed by atoms with Crippen LogP contribution in [0.1, 0.15) is 17.0 Å². The lowest BCUT2D eigenvalue weighted by atomic mass is 10.1. The Morgan fingerprint density at radius 2 is 1.96 bits per heavy atom. The van der Waals surface area contributed by atoms with Gasteiger partial charge in [-0.1, -0.05) is 17.7 Å². The highest BCUT2D eigenvalue weighted by molar-refractivity contribution is 6.32. The van der Waals surface area contributed by atoms with E-state index in [1.54, 1.807) is 0 Å². The molecule has 1 aromatic heterocycles. The number of aliphatic hydroxyl groups excluding tert-OH is 1. The minimum Gasteiger partial charge on any atom is -0.509 e. The molecule has 0 fully saturated rings. The molecule has 4 rings (SSSR count). The van der Waals surface area contributed by atoms with Crippen LogP contribution in [0.3, 0.4) is 0 Å². The van der Waals surface area contributed by atoms with E-state index >= 15 is 0 Å². The zero-order valence-electron chi connectivity index (χ0n) is 14.5. The van der Waals surface area contributed by atoms with Crippen molar-refractivity contribution in [1.29, 1.82) is 5.41 Å². The quantitative estimate of drug-likeness (QED) is 0.539. The minimum absolute atomic E-state index is 0.107. The zero-order chi connectivity index (χ0) is 20.2. The number of hydrogen-bond donors (Lipinski definition) is 3. The van der Waals surface area contributed by atoms with Crippen molar-refractivity contribution in [2.75, 3.05) is 11.4 Å². The number of aromatic nitrogens is 2. The summed E-state index contributed by atoms with van der Waals surface area (Å²) in [5, 5.41) is 18.4. The van der Waals surface area contributed by atoms with E-state index in [2.05, 4.69) is 9.97 Å². The molecule has 28 heavy (non-hydrogen) atoms. The highest BCUT2D eigenvalue weighted by Gasteiger charge is 2.36. The van der Waals surface area contributed by atoms with Crippen molar-refractivity contribution in [3.8, 4) is 0 Å². The summed E-state index contributed by atoms with van der Waals surface area (Å²) in [4.78, 5) is 8.72. The number of alkyl halides is 3. The van der Waals surface area contributed by atoms with Gasteiger partial charge in [0, 0.05) is 5.69 Å². The molecule has 0 bridgehead atoms. The molecule has 3 N–H and O–H groups in total. The summed E-state index contributed by atoms with van der Waals surface area (Å²) in [5.74, 6) is -0.0105. The molecule has 1 aliphatic heterocycles. The second-order valence-electron chi connectivity index (χ2n) is 6.52. The number of anilines is 1. The number of hydrogen-bond acceptors (Lipinski definition) is 3. The van der Waals surface area contributed by atoms with Crippen molar-refractivity contribution >= 4 is 39.7 Å². The number of aromatic amines is 1. The number of amidine groups is 1. The fourth-order valence-electron chi connectivity index (χ4n) is 3.19. The topological polar surface area (TPSA) is 76.0 Å². The van der Waals surface area contributed by atoms with E-state index in [-0.39, 0.29) is 35.2 Å². The van der Waals surface area contributed by atoms with Crippen LogP contribution in [0.25, 0.3) is 16.6 Å². The van der Waals surface area contributed by atoms with Gasteiger partial charge >= 0.3 is 6.18 Å². The van der Waals surface area contributed by atoms with E-state index < -0.39 is 16.8 Å². The van der Waals surface area contributed by atoms with Crippen LogP contribution < -0.4 is 4.90 Å². The number of imidazole rings is 1. The van der Waals surface area contributed by atoms with E-state index in [1.807, 2.05) is 25.1 Å². The number of nitrogens with zero attached hydrogens (tertiary/aromatic N) is 2. The standard InChI is InChI=1S/C19H14ClF3N4O/c1-9-2-5-13-14(6-9)26-18(25-13)16-15(28)8-27(17(16)24)10-3-4-12(20)11(7-10)19(21,22)23/h2-7,24,28H,8H2,1H3,(H,25,26). The van der Waals surface area contributed by atoms with Crippen molar-refractivity contribution in [1.82, 2.24) is 9.97 Å². The Morgan fingerprint density at radius 1 is 1.21 bits per heavy atom. The Hall–Kier alpha value is -3.00. The van der Waals surface area contributed by atoms with Crippen LogP contribution in [0, 0.1) is 12.3 Å².